The predicted molar refractivity (Wildman–Crippen MR) is 79.6 cm³/mol. The van der Waals surface area contributed by atoms with Crippen molar-refractivity contribution in [3.8, 4) is 0 Å². The van der Waals surface area contributed by atoms with E-state index in [1.807, 2.05) is 12.1 Å². The summed E-state index contributed by atoms with van der Waals surface area (Å²) in [5.41, 5.74) is 0. The molecule has 2 aliphatic carbocycles. The number of carbonyl (C=O) groups is 2. The minimum absolute atomic E-state index is 0.0458. The van der Waals surface area contributed by atoms with Crippen molar-refractivity contribution in [1.29, 1.82) is 0 Å². The number of carbonyl (C=O) groups excluding carboxylic acids is 2. The van der Waals surface area contributed by atoms with E-state index in [1.54, 1.807) is 11.2 Å². The fraction of sp³-hybridized carbons (Fsp3) is 0.647. The van der Waals surface area contributed by atoms with Crippen molar-refractivity contribution in [2.75, 3.05) is 6.54 Å². The highest BCUT2D eigenvalue weighted by atomic mass is 16.3. The second kappa shape index (κ2) is 5.45. The van der Waals surface area contributed by atoms with Gasteiger partial charge in [0, 0.05) is 19.0 Å². The molecule has 2 bridgehead atoms. The first-order valence-corrected chi connectivity index (χ1v) is 8.29. The van der Waals surface area contributed by atoms with Crippen LogP contribution in [0.3, 0.4) is 0 Å². The molecule has 5 nitrogen and oxygen atoms in total. The third kappa shape index (κ3) is 2.53. The van der Waals surface area contributed by atoms with E-state index in [9.17, 15) is 9.59 Å². The normalized spacial score (nSPS) is 33.6. The Morgan fingerprint density at radius 3 is 2.95 bits per heavy atom. The van der Waals surface area contributed by atoms with Crippen LogP contribution in [0.2, 0.25) is 0 Å². The molecule has 3 fully saturated rings. The topological polar surface area (TPSA) is 62.6 Å². The van der Waals surface area contributed by atoms with Crippen molar-refractivity contribution >= 4 is 11.8 Å². The van der Waals surface area contributed by atoms with Gasteiger partial charge in [-0.3, -0.25) is 9.59 Å². The lowest BCUT2D eigenvalue weighted by Crippen LogP contribution is -2.42. The first-order chi connectivity index (χ1) is 10.7. The molecule has 1 saturated heterocycles. The first-order valence-electron chi connectivity index (χ1n) is 8.29. The SMILES string of the molecule is O=C(N[C@H]1C[C@@H]2CC[C@@H]1C2)[C@H]1CC(=O)N(Cc2ccco2)C1. The lowest BCUT2D eigenvalue weighted by Gasteiger charge is -2.24. The van der Waals surface area contributed by atoms with Crippen LogP contribution in [0, 0.1) is 17.8 Å². The molecule has 2 saturated carbocycles. The van der Waals surface area contributed by atoms with Gasteiger partial charge in [-0.15, -0.1) is 0 Å². The Bertz CT molecular complexity index is 568. The van der Waals surface area contributed by atoms with E-state index >= 15 is 0 Å². The number of furan rings is 1. The van der Waals surface area contributed by atoms with Crippen LogP contribution >= 0.6 is 0 Å². The molecule has 2 heterocycles. The van der Waals surface area contributed by atoms with Crippen molar-refractivity contribution in [2.24, 2.45) is 17.8 Å². The number of likely N-dealkylation sites (tertiary alicyclic amines) is 1. The third-order valence-electron chi connectivity index (χ3n) is 5.58. The zero-order valence-corrected chi connectivity index (χ0v) is 12.7. The van der Waals surface area contributed by atoms with Gasteiger partial charge in [-0.25, -0.2) is 0 Å². The first kappa shape index (κ1) is 13.9. The highest BCUT2D eigenvalue weighted by Crippen LogP contribution is 2.44. The van der Waals surface area contributed by atoms with Crippen LogP contribution in [0.4, 0.5) is 0 Å². The van der Waals surface area contributed by atoms with Crippen molar-refractivity contribution in [2.45, 2.75) is 44.7 Å². The van der Waals surface area contributed by atoms with Gasteiger partial charge in [0.05, 0.1) is 18.7 Å². The smallest absolute Gasteiger partial charge is 0.225 e. The Kier molecular flexibility index (Phi) is 3.43. The van der Waals surface area contributed by atoms with E-state index in [4.69, 9.17) is 4.42 Å². The highest BCUT2D eigenvalue weighted by molar-refractivity contribution is 5.89. The zero-order valence-electron chi connectivity index (χ0n) is 12.7. The molecule has 0 radical (unpaired) electrons. The second-order valence-corrected chi connectivity index (χ2v) is 7.04. The summed E-state index contributed by atoms with van der Waals surface area (Å²) in [7, 11) is 0. The van der Waals surface area contributed by atoms with E-state index in [0.29, 0.717) is 31.5 Å². The summed E-state index contributed by atoms with van der Waals surface area (Å²) < 4.78 is 5.29. The molecule has 5 heteroatoms. The molecule has 1 N–H and O–H groups in total. The zero-order chi connectivity index (χ0) is 15.1. The number of nitrogens with one attached hydrogen (secondary N) is 1. The van der Waals surface area contributed by atoms with Crippen molar-refractivity contribution in [3.63, 3.8) is 0 Å². The predicted octanol–water partition coefficient (Wildman–Crippen LogP) is 1.93. The standard InChI is InChI=1S/C17H22N2O3/c20-16-8-13(9-19(16)10-14-2-1-5-22-14)17(21)18-15-7-11-3-4-12(15)6-11/h1-2,5,11-13,15H,3-4,6-10H2,(H,18,21)/t11-,12-,13+,15+/m1/s1. The number of rotatable bonds is 4. The summed E-state index contributed by atoms with van der Waals surface area (Å²) in [6.45, 7) is 0.968. The van der Waals surface area contributed by atoms with Crippen LogP contribution in [-0.2, 0) is 16.1 Å². The number of fused-ring (bicyclic) bond motifs is 2. The summed E-state index contributed by atoms with van der Waals surface area (Å²) in [5.74, 6) is 2.16. The van der Waals surface area contributed by atoms with E-state index in [2.05, 4.69) is 5.32 Å². The maximum absolute atomic E-state index is 12.5. The van der Waals surface area contributed by atoms with E-state index in [1.165, 1.54) is 19.3 Å². The Morgan fingerprint density at radius 1 is 1.36 bits per heavy atom. The van der Waals surface area contributed by atoms with Crippen LogP contribution in [0.15, 0.2) is 22.8 Å². The molecule has 1 aliphatic heterocycles. The second-order valence-electron chi connectivity index (χ2n) is 7.04. The maximum atomic E-state index is 12.5. The molecular formula is C17H22N2O3. The number of amides is 2. The largest absolute Gasteiger partial charge is 0.467 e. The van der Waals surface area contributed by atoms with Gasteiger partial charge < -0.3 is 14.6 Å². The fourth-order valence-electron chi connectivity index (χ4n) is 4.41. The molecule has 2 amide bonds. The number of nitrogens with zero attached hydrogens (tertiary/aromatic N) is 1. The van der Waals surface area contributed by atoms with Gasteiger partial charge in [0.15, 0.2) is 0 Å². The van der Waals surface area contributed by atoms with E-state index in [-0.39, 0.29) is 17.7 Å². The van der Waals surface area contributed by atoms with Gasteiger partial charge in [-0.1, -0.05) is 6.42 Å². The summed E-state index contributed by atoms with van der Waals surface area (Å²) in [5, 5.41) is 3.21. The molecule has 22 heavy (non-hydrogen) atoms. The Morgan fingerprint density at radius 2 is 2.27 bits per heavy atom. The Hall–Kier alpha value is -1.78. The van der Waals surface area contributed by atoms with E-state index in [0.717, 1.165) is 18.1 Å². The molecule has 4 atom stereocenters. The van der Waals surface area contributed by atoms with Gasteiger partial charge in [-0.05, 0) is 43.2 Å². The number of hydrogen-bond donors (Lipinski definition) is 1. The van der Waals surface area contributed by atoms with E-state index < -0.39 is 0 Å². The Balaban J connectivity index is 1.33. The molecule has 3 aliphatic rings. The maximum Gasteiger partial charge on any atom is 0.225 e. The van der Waals surface area contributed by atoms with Crippen LogP contribution in [0.5, 0.6) is 0 Å². The fourth-order valence-corrected chi connectivity index (χ4v) is 4.41. The number of hydrogen-bond acceptors (Lipinski definition) is 3. The monoisotopic (exact) mass is 302 g/mol. The average Bonchev–Trinajstić information content (AvgIpc) is 3.25. The summed E-state index contributed by atoms with van der Waals surface area (Å²) in [6.07, 6.45) is 6.93. The van der Waals surface area contributed by atoms with Crippen molar-refractivity contribution in [3.05, 3.63) is 24.2 Å². The van der Waals surface area contributed by atoms with Gasteiger partial charge >= 0.3 is 0 Å². The van der Waals surface area contributed by atoms with Crippen LogP contribution in [0.1, 0.15) is 37.9 Å². The molecule has 1 aromatic rings. The molecule has 4 rings (SSSR count). The van der Waals surface area contributed by atoms with Crippen molar-refractivity contribution in [1.82, 2.24) is 10.2 Å². The van der Waals surface area contributed by atoms with Gasteiger partial charge in [0.25, 0.3) is 0 Å². The quantitative estimate of drug-likeness (QED) is 0.924. The summed E-state index contributed by atoms with van der Waals surface area (Å²) in [6, 6.07) is 4.02. The lowest BCUT2D eigenvalue weighted by atomic mass is 9.94. The van der Waals surface area contributed by atoms with Crippen LogP contribution < -0.4 is 5.32 Å². The third-order valence-corrected chi connectivity index (χ3v) is 5.58. The molecular weight excluding hydrogens is 280 g/mol. The van der Waals surface area contributed by atoms with Crippen molar-refractivity contribution < 1.29 is 14.0 Å². The summed E-state index contributed by atoms with van der Waals surface area (Å²) in [4.78, 5) is 26.3. The van der Waals surface area contributed by atoms with Gasteiger partial charge in [-0.2, -0.15) is 0 Å². The molecule has 0 unspecified atom stereocenters. The van der Waals surface area contributed by atoms with Crippen LogP contribution in [-0.4, -0.2) is 29.3 Å². The molecule has 0 aromatic carbocycles. The van der Waals surface area contributed by atoms with Gasteiger partial charge in [0.1, 0.15) is 5.76 Å². The molecule has 0 spiro atoms. The average molecular weight is 302 g/mol. The summed E-state index contributed by atoms with van der Waals surface area (Å²) >= 11 is 0. The van der Waals surface area contributed by atoms with Gasteiger partial charge in [0.2, 0.25) is 11.8 Å². The lowest BCUT2D eigenvalue weighted by molar-refractivity contribution is -0.129. The molecule has 118 valence electrons. The Labute approximate surface area is 130 Å². The minimum atomic E-state index is -0.207. The highest BCUT2D eigenvalue weighted by Gasteiger charge is 2.42. The minimum Gasteiger partial charge on any atom is -0.467 e. The van der Waals surface area contributed by atoms with Crippen LogP contribution in [0.25, 0.3) is 0 Å². The molecule has 1 aromatic heterocycles.